The lowest BCUT2D eigenvalue weighted by molar-refractivity contribution is -0.286. The predicted molar refractivity (Wildman–Crippen MR) is 101 cm³/mol. The fourth-order valence-electron chi connectivity index (χ4n) is 3.71. The largest absolute Gasteiger partial charge is 0.586 e. The Kier molecular flexibility index (Phi) is 4.05. The van der Waals surface area contributed by atoms with E-state index in [9.17, 15) is 13.6 Å². The van der Waals surface area contributed by atoms with Crippen LogP contribution in [-0.2, 0) is 11.8 Å². The molecule has 0 bridgehead atoms. The zero-order chi connectivity index (χ0) is 21.0. The first-order valence-electron chi connectivity index (χ1n) is 9.45. The van der Waals surface area contributed by atoms with Crippen LogP contribution in [0.25, 0.3) is 22.3 Å². The number of pyridine rings is 1. The molecule has 0 saturated carbocycles. The maximum atomic E-state index is 13.3. The van der Waals surface area contributed by atoms with Crippen molar-refractivity contribution < 1.29 is 27.8 Å². The predicted octanol–water partition coefficient (Wildman–Crippen LogP) is 2.86. The molecule has 0 unspecified atom stereocenters. The van der Waals surface area contributed by atoms with Gasteiger partial charge in [0.1, 0.15) is 11.6 Å². The van der Waals surface area contributed by atoms with Crippen LogP contribution in [0.15, 0.2) is 30.6 Å². The molecule has 3 aromatic rings. The van der Waals surface area contributed by atoms with E-state index in [4.69, 9.17) is 4.74 Å². The average Bonchev–Trinajstić information content (AvgIpc) is 3.36. The molecule has 2 aromatic heterocycles. The third-order valence-corrected chi connectivity index (χ3v) is 5.33. The van der Waals surface area contributed by atoms with Gasteiger partial charge in [0.05, 0.1) is 17.5 Å². The lowest BCUT2D eigenvalue weighted by Crippen LogP contribution is -2.26. The van der Waals surface area contributed by atoms with Crippen molar-refractivity contribution in [1.82, 2.24) is 19.9 Å². The summed E-state index contributed by atoms with van der Waals surface area (Å²) in [7, 11) is 1.83. The topological polar surface area (TPSA) is 87.5 Å². The molecule has 0 spiro atoms. The number of fused-ring (bicyclic) bond motifs is 2. The first-order chi connectivity index (χ1) is 14.3. The third kappa shape index (κ3) is 3.17. The highest BCUT2D eigenvalue weighted by Crippen LogP contribution is 2.43. The number of carbonyl (C=O) groups excluding carboxylic acids is 1. The second-order valence-electron chi connectivity index (χ2n) is 7.46. The Hall–Kier alpha value is -3.43. The fraction of sp³-hybridized carbons (Fsp3) is 0.350. The number of hydrogen-bond acceptors (Lipinski definition) is 6. The Balaban J connectivity index is 1.52. The van der Waals surface area contributed by atoms with Crippen molar-refractivity contribution in [3.8, 4) is 28.6 Å². The zero-order valence-corrected chi connectivity index (χ0v) is 16.2. The quantitative estimate of drug-likeness (QED) is 0.704. The van der Waals surface area contributed by atoms with Crippen LogP contribution >= 0.6 is 0 Å². The Bertz CT molecular complexity index is 1160. The van der Waals surface area contributed by atoms with Gasteiger partial charge < -0.3 is 24.1 Å². The van der Waals surface area contributed by atoms with Gasteiger partial charge in [0.2, 0.25) is 11.8 Å². The number of hydrogen-bond donors (Lipinski definition) is 1. The van der Waals surface area contributed by atoms with Crippen molar-refractivity contribution in [1.29, 1.82) is 0 Å². The molecule has 10 heteroatoms. The Morgan fingerprint density at radius 1 is 1.30 bits per heavy atom. The van der Waals surface area contributed by atoms with Crippen molar-refractivity contribution in [3.05, 3.63) is 30.6 Å². The van der Waals surface area contributed by atoms with Gasteiger partial charge in [0.15, 0.2) is 11.5 Å². The summed E-state index contributed by atoms with van der Waals surface area (Å²) in [6.45, 7) is 2.44. The van der Waals surface area contributed by atoms with Crippen LogP contribution in [-0.4, -0.2) is 39.4 Å². The molecule has 2 aliphatic heterocycles. The van der Waals surface area contributed by atoms with E-state index in [0.29, 0.717) is 41.1 Å². The average molecular weight is 416 g/mol. The zero-order valence-electron chi connectivity index (χ0n) is 16.2. The molecule has 8 nitrogen and oxygen atoms in total. The van der Waals surface area contributed by atoms with Gasteiger partial charge in [-0.1, -0.05) is 0 Å². The van der Waals surface area contributed by atoms with Crippen molar-refractivity contribution in [2.75, 3.05) is 6.54 Å². The Labute approximate surface area is 169 Å². The lowest BCUT2D eigenvalue weighted by Gasteiger charge is -2.20. The number of amides is 1. The van der Waals surface area contributed by atoms with E-state index >= 15 is 0 Å². The molecule has 156 valence electrons. The summed E-state index contributed by atoms with van der Waals surface area (Å²) in [6.07, 6.45) is -1.91. The number of nitrogens with zero attached hydrogens (tertiary/aromatic N) is 3. The van der Waals surface area contributed by atoms with Gasteiger partial charge >= 0.3 is 6.29 Å². The van der Waals surface area contributed by atoms with E-state index in [2.05, 4.69) is 24.8 Å². The molecule has 2 atom stereocenters. The number of aromatic nitrogens is 3. The fourth-order valence-corrected chi connectivity index (χ4v) is 3.71. The number of aryl methyl sites for hydroxylation is 1. The number of imidazole rings is 1. The van der Waals surface area contributed by atoms with Crippen molar-refractivity contribution in [2.45, 2.75) is 25.7 Å². The lowest BCUT2D eigenvalue weighted by atomic mass is 10.0. The minimum atomic E-state index is -3.68. The molecule has 1 amide bonds. The van der Waals surface area contributed by atoms with Crippen LogP contribution in [0.5, 0.6) is 17.4 Å². The molecule has 0 aliphatic carbocycles. The molecule has 5 rings (SSSR count). The monoisotopic (exact) mass is 416 g/mol. The maximum absolute atomic E-state index is 13.3. The van der Waals surface area contributed by atoms with E-state index in [1.54, 1.807) is 23.0 Å². The van der Waals surface area contributed by atoms with Gasteiger partial charge in [-0.05, 0) is 31.2 Å². The first-order valence-corrected chi connectivity index (χ1v) is 9.45. The molecule has 1 aromatic carbocycles. The normalized spacial score (nSPS) is 20.4. The van der Waals surface area contributed by atoms with E-state index in [1.807, 2.05) is 14.0 Å². The highest BCUT2D eigenvalue weighted by Gasteiger charge is 2.43. The summed E-state index contributed by atoms with van der Waals surface area (Å²) in [4.78, 5) is 20.5. The van der Waals surface area contributed by atoms with E-state index < -0.39 is 6.29 Å². The third-order valence-electron chi connectivity index (χ3n) is 5.33. The van der Waals surface area contributed by atoms with Crippen LogP contribution < -0.4 is 19.5 Å². The van der Waals surface area contributed by atoms with E-state index in [-0.39, 0.29) is 29.4 Å². The number of alkyl halides is 2. The Morgan fingerprint density at radius 2 is 2.10 bits per heavy atom. The molecule has 0 radical (unpaired) electrons. The van der Waals surface area contributed by atoms with Gasteiger partial charge in [-0.25, -0.2) is 9.97 Å². The second kappa shape index (κ2) is 6.54. The smallest absolute Gasteiger partial charge is 0.473 e. The summed E-state index contributed by atoms with van der Waals surface area (Å²) in [5.74, 6) is 0.286. The number of rotatable bonds is 4. The van der Waals surface area contributed by atoms with Crippen molar-refractivity contribution in [2.24, 2.45) is 13.0 Å². The molecule has 1 saturated heterocycles. The van der Waals surface area contributed by atoms with Gasteiger partial charge in [-0.15, -0.1) is 8.78 Å². The summed E-state index contributed by atoms with van der Waals surface area (Å²) in [6, 6.07) is 6.23. The van der Waals surface area contributed by atoms with Crippen LogP contribution in [0.4, 0.5) is 8.78 Å². The number of halogens is 2. The number of carbonyl (C=O) groups is 1. The summed E-state index contributed by atoms with van der Waals surface area (Å²) in [5, 5.41) is 2.80. The molecular weight excluding hydrogens is 398 g/mol. The van der Waals surface area contributed by atoms with E-state index in [1.165, 1.54) is 12.1 Å². The second-order valence-corrected chi connectivity index (χ2v) is 7.46. The van der Waals surface area contributed by atoms with Gasteiger partial charge in [0, 0.05) is 31.5 Å². The van der Waals surface area contributed by atoms with Crippen LogP contribution in [0.3, 0.4) is 0 Å². The van der Waals surface area contributed by atoms with E-state index in [0.717, 1.165) is 0 Å². The summed E-state index contributed by atoms with van der Waals surface area (Å²) in [5.41, 5.74) is 2.40. The molecule has 1 N–H and O–H groups in total. The van der Waals surface area contributed by atoms with Gasteiger partial charge in [-0.3, -0.25) is 4.79 Å². The standard InChI is InChI=1S/C20H18F2N4O4/c1-10(12-6-17(27)23-8-12)28-19-18-14(24-9-26(18)2)7-13(25-19)11-3-4-15-16(5-11)30-20(21,22)29-15/h3-5,7,9-10,12H,6,8H2,1-2H3,(H,23,27)/t10-,12-/m1/s1. The Morgan fingerprint density at radius 3 is 2.87 bits per heavy atom. The van der Waals surface area contributed by atoms with Gasteiger partial charge in [-0.2, -0.15) is 0 Å². The number of ether oxygens (including phenoxy) is 3. The maximum Gasteiger partial charge on any atom is 0.586 e. The molecule has 1 fully saturated rings. The highest BCUT2D eigenvalue weighted by molar-refractivity contribution is 5.85. The minimum absolute atomic E-state index is 0.00000162. The highest BCUT2D eigenvalue weighted by atomic mass is 19.3. The van der Waals surface area contributed by atoms with Gasteiger partial charge in [0.25, 0.3) is 0 Å². The first kappa shape index (κ1) is 18.6. The summed E-state index contributed by atoms with van der Waals surface area (Å²) >= 11 is 0. The molecule has 2 aliphatic rings. The van der Waals surface area contributed by atoms with Crippen LogP contribution in [0.1, 0.15) is 13.3 Å². The van der Waals surface area contributed by atoms with Crippen molar-refractivity contribution in [3.63, 3.8) is 0 Å². The number of nitrogens with one attached hydrogen (secondary N) is 1. The minimum Gasteiger partial charge on any atom is -0.473 e. The number of benzene rings is 1. The van der Waals surface area contributed by atoms with Crippen LogP contribution in [0.2, 0.25) is 0 Å². The SMILES string of the molecule is C[C@@H](Oc1nc(-c2ccc3c(c2)OC(F)(F)O3)cc2ncn(C)c12)[C@H]1CNC(=O)C1. The van der Waals surface area contributed by atoms with Crippen molar-refractivity contribution >= 4 is 16.9 Å². The summed E-state index contributed by atoms with van der Waals surface area (Å²) < 4.78 is 43.6. The van der Waals surface area contributed by atoms with Crippen LogP contribution in [0, 0.1) is 5.92 Å². The molecular formula is C20H18F2N4O4. The molecule has 4 heterocycles. The molecule has 30 heavy (non-hydrogen) atoms.